The third-order valence-corrected chi connectivity index (χ3v) is 4.90. The van der Waals surface area contributed by atoms with E-state index in [1.807, 2.05) is 24.3 Å². The van der Waals surface area contributed by atoms with E-state index in [-0.39, 0.29) is 30.3 Å². The molecule has 6 nitrogen and oxygen atoms in total. The summed E-state index contributed by atoms with van der Waals surface area (Å²) < 4.78 is 10.8. The number of nitrogens with zero attached hydrogens (tertiary/aromatic N) is 1. The summed E-state index contributed by atoms with van der Waals surface area (Å²) in [5.41, 5.74) is 1.03. The molecule has 2 atom stereocenters. The van der Waals surface area contributed by atoms with Crippen LogP contribution >= 0.6 is 0 Å². The fourth-order valence-corrected chi connectivity index (χ4v) is 3.38. The van der Waals surface area contributed by atoms with E-state index in [9.17, 15) is 9.59 Å². The van der Waals surface area contributed by atoms with Crippen molar-refractivity contribution in [3.8, 4) is 5.75 Å². The van der Waals surface area contributed by atoms with Gasteiger partial charge in [-0.1, -0.05) is 12.1 Å². The van der Waals surface area contributed by atoms with E-state index in [2.05, 4.69) is 5.32 Å². The smallest absolute Gasteiger partial charge is 0.225 e. The third-order valence-electron chi connectivity index (χ3n) is 4.90. The van der Waals surface area contributed by atoms with E-state index < -0.39 is 0 Å². The zero-order chi connectivity index (χ0) is 17.6. The highest BCUT2D eigenvalue weighted by molar-refractivity contribution is 5.89. The van der Waals surface area contributed by atoms with Crippen LogP contribution in [0.1, 0.15) is 31.2 Å². The zero-order valence-corrected chi connectivity index (χ0v) is 14.7. The molecule has 0 unspecified atom stereocenters. The summed E-state index contributed by atoms with van der Waals surface area (Å²) in [6.45, 7) is 2.32. The lowest BCUT2D eigenvalue weighted by atomic mass is 10.1. The molecule has 1 aromatic rings. The maximum atomic E-state index is 12.4. The predicted octanol–water partition coefficient (Wildman–Crippen LogP) is 1.73. The first-order valence-corrected chi connectivity index (χ1v) is 8.95. The molecule has 0 spiro atoms. The maximum absolute atomic E-state index is 12.4. The topological polar surface area (TPSA) is 67.9 Å². The van der Waals surface area contributed by atoms with Gasteiger partial charge in [0.05, 0.1) is 19.1 Å². The summed E-state index contributed by atoms with van der Waals surface area (Å²) in [5.74, 6) is 0.512. The lowest BCUT2D eigenvalue weighted by molar-refractivity contribution is -0.129. The lowest BCUT2D eigenvalue weighted by Crippen LogP contribution is -2.39. The Morgan fingerprint density at radius 3 is 2.80 bits per heavy atom. The minimum atomic E-state index is -0.269. The van der Waals surface area contributed by atoms with Crippen molar-refractivity contribution in [3.63, 3.8) is 0 Å². The van der Waals surface area contributed by atoms with Crippen molar-refractivity contribution >= 4 is 11.8 Å². The van der Waals surface area contributed by atoms with E-state index in [4.69, 9.17) is 9.47 Å². The monoisotopic (exact) mass is 346 g/mol. The molecule has 0 aliphatic carbocycles. The number of hydrogen-bond acceptors (Lipinski definition) is 4. The van der Waals surface area contributed by atoms with Gasteiger partial charge in [-0.3, -0.25) is 9.59 Å². The van der Waals surface area contributed by atoms with E-state index in [0.717, 1.165) is 37.2 Å². The van der Waals surface area contributed by atoms with Crippen LogP contribution in [0.4, 0.5) is 0 Å². The Bertz CT molecular complexity index is 596. The van der Waals surface area contributed by atoms with Gasteiger partial charge in [0.2, 0.25) is 11.8 Å². The van der Waals surface area contributed by atoms with Crippen LogP contribution in [0.15, 0.2) is 24.3 Å². The normalized spacial score (nSPS) is 23.6. The molecule has 2 saturated heterocycles. The van der Waals surface area contributed by atoms with Gasteiger partial charge in [0.1, 0.15) is 5.75 Å². The van der Waals surface area contributed by atoms with Crippen LogP contribution in [0.2, 0.25) is 0 Å². The molecule has 3 rings (SSSR count). The first-order chi connectivity index (χ1) is 12.2. The van der Waals surface area contributed by atoms with Crippen molar-refractivity contribution in [2.24, 2.45) is 5.92 Å². The Labute approximate surface area is 148 Å². The van der Waals surface area contributed by atoms with Gasteiger partial charge in [0.25, 0.3) is 0 Å². The number of ether oxygens (including phenoxy) is 2. The number of hydrogen-bond donors (Lipinski definition) is 1. The van der Waals surface area contributed by atoms with Gasteiger partial charge in [-0.15, -0.1) is 0 Å². The minimum absolute atomic E-state index is 0.0323. The third kappa shape index (κ3) is 4.72. The Hall–Kier alpha value is -2.08. The first-order valence-electron chi connectivity index (χ1n) is 8.95. The number of carbonyl (C=O) groups excluding carboxylic acids is 2. The molecule has 136 valence electrons. The number of likely N-dealkylation sites (tertiary alicyclic amines) is 1. The second-order valence-electron chi connectivity index (χ2n) is 6.76. The van der Waals surface area contributed by atoms with Crippen molar-refractivity contribution < 1.29 is 19.1 Å². The molecule has 0 aromatic heterocycles. The summed E-state index contributed by atoms with van der Waals surface area (Å²) >= 11 is 0. The van der Waals surface area contributed by atoms with Gasteiger partial charge in [0.15, 0.2) is 0 Å². The molecule has 2 amide bonds. The molecule has 1 aromatic carbocycles. The lowest BCUT2D eigenvalue weighted by Gasteiger charge is -2.23. The Morgan fingerprint density at radius 1 is 1.32 bits per heavy atom. The zero-order valence-electron chi connectivity index (χ0n) is 14.7. The van der Waals surface area contributed by atoms with Crippen molar-refractivity contribution in [3.05, 3.63) is 29.8 Å². The van der Waals surface area contributed by atoms with Crippen LogP contribution in [0, 0.1) is 5.92 Å². The van der Waals surface area contributed by atoms with Crippen LogP contribution < -0.4 is 10.1 Å². The van der Waals surface area contributed by atoms with Crippen LogP contribution in [-0.2, 0) is 20.9 Å². The summed E-state index contributed by atoms with van der Waals surface area (Å²) in [6, 6.07) is 7.65. The number of amides is 2. The number of benzene rings is 1. The molecule has 2 aliphatic heterocycles. The van der Waals surface area contributed by atoms with Crippen molar-refractivity contribution in [1.29, 1.82) is 0 Å². The summed E-state index contributed by atoms with van der Waals surface area (Å²) in [5, 5.41) is 2.96. The second-order valence-corrected chi connectivity index (χ2v) is 6.76. The molecule has 0 saturated carbocycles. The average Bonchev–Trinajstić information content (AvgIpc) is 3.02. The molecule has 2 aliphatic rings. The second kappa shape index (κ2) is 8.34. The number of nitrogens with one attached hydrogen (secondary N) is 1. The van der Waals surface area contributed by atoms with E-state index in [0.29, 0.717) is 19.6 Å². The Morgan fingerprint density at radius 2 is 2.12 bits per heavy atom. The Balaban J connectivity index is 1.48. The number of carbonyl (C=O) groups is 2. The standard InChI is InChI=1S/C19H26N2O4/c1-24-16-7-5-14(6-8-16)12-21-13-15(10-18(21)22)19(23)20-11-17-4-2-3-9-25-17/h5-8,15,17H,2-4,9-13H2,1H3,(H,20,23)/t15-,17+/m1/s1. The first kappa shape index (κ1) is 17.7. The van der Waals surface area contributed by atoms with Gasteiger partial charge in [-0.25, -0.2) is 0 Å². The van der Waals surface area contributed by atoms with Crippen molar-refractivity contribution in [1.82, 2.24) is 10.2 Å². The molecule has 0 bridgehead atoms. The van der Waals surface area contributed by atoms with E-state index in [1.165, 1.54) is 0 Å². The predicted molar refractivity (Wildman–Crippen MR) is 93.1 cm³/mol. The summed E-state index contributed by atoms with van der Waals surface area (Å²) in [6.07, 6.45) is 3.64. The van der Waals surface area contributed by atoms with Crippen molar-refractivity contribution in [2.45, 2.75) is 38.3 Å². The molecule has 6 heteroatoms. The summed E-state index contributed by atoms with van der Waals surface area (Å²) in [7, 11) is 1.63. The average molecular weight is 346 g/mol. The van der Waals surface area contributed by atoms with Gasteiger partial charge >= 0.3 is 0 Å². The van der Waals surface area contributed by atoms with E-state index >= 15 is 0 Å². The minimum Gasteiger partial charge on any atom is -0.497 e. The molecule has 25 heavy (non-hydrogen) atoms. The molecule has 2 heterocycles. The molecule has 0 radical (unpaired) electrons. The van der Waals surface area contributed by atoms with Gasteiger partial charge in [-0.05, 0) is 37.0 Å². The van der Waals surface area contributed by atoms with Gasteiger partial charge in [-0.2, -0.15) is 0 Å². The maximum Gasteiger partial charge on any atom is 0.225 e. The molecule has 2 fully saturated rings. The fraction of sp³-hybridized carbons (Fsp3) is 0.579. The SMILES string of the molecule is COc1ccc(CN2C[C@H](C(=O)NC[C@@H]3CCCCO3)CC2=O)cc1. The largest absolute Gasteiger partial charge is 0.497 e. The fourth-order valence-electron chi connectivity index (χ4n) is 3.38. The number of rotatable bonds is 6. The quantitative estimate of drug-likeness (QED) is 0.852. The van der Waals surface area contributed by atoms with Gasteiger partial charge < -0.3 is 19.7 Å². The molecular formula is C19H26N2O4. The van der Waals surface area contributed by atoms with Crippen LogP contribution in [0.5, 0.6) is 5.75 Å². The number of methoxy groups -OCH3 is 1. The van der Waals surface area contributed by atoms with E-state index in [1.54, 1.807) is 12.0 Å². The highest BCUT2D eigenvalue weighted by Crippen LogP contribution is 2.22. The van der Waals surface area contributed by atoms with Crippen LogP contribution in [-0.4, -0.2) is 49.6 Å². The molecular weight excluding hydrogens is 320 g/mol. The molecule has 1 N–H and O–H groups in total. The van der Waals surface area contributed by atoms with Crippen molar-refractivity contribution in [2.75, 3.05) is 26.8 Å². The Kier molecular flexibility index (Phi) is 5.91. The van der Waals surface area contributed by atoms with Crippen LogP contribution in [0.3, 0.4) is 0 Å². The van der Waals surface area contributed by atoms with Crippen LogP contribution in [0.25, 0.3) is 0 Å². The van der Waals surface area contributed by atoms with Gasteiger partial charge in [0, 0.05) is 32.7 Å². The highest BCUT2D eigenvalue weighted by Gasteiger charge is 2.34. The highest BCUT2D eigenvalue weighted by atomic mass is 16.5. The summed E-state index contributed by atoms with van der Waals surface area (Å²) in [4.78, 5) is 26.3.